The molecule has 6 heavy (non-hydrogen) atoms. The molecule has 0 aliphatic carbocycles. The Labute approximate surface area is 55.6 Å². The monoisotopic (exact) mass is 282 g/mol. The second-order valence-electron chi connectivity index (χ2n) is 2.56. The minimum atomic E-state index is -0.861. The predicted molar refractivity (Wildman–Crippen MR) is 28.7 cm³/mol. The van der Waals surface area contributed by atoms with Crippen molar-refractivity contribution in [1.82, 2.24) is 0 Å². The van der Waals surface area contributed by atoms with E-state index in [0.29, 0.717) is 0 Å². The van der Waals surface area contributed by atoms with Crippen LogP contribution in [0.2, 0.25) is 19.6 Å². The summed E-state index contributed by atoms with van der Waals surface area (Å²) in [5, 5.41) is 0. The van der Waals surface area contributed by atoms with E-state index in [1.807, 2.05) is 0 Å². The van der Waals surface area contributed by atoms with E-state index in [0.717, 1.165) is 0 Å². The summed E-state index contributed by atoms with van der Waals surface area (Å²) in [4.78, 5) is 0. The predicted octanol–water partition coefficient (Wildman–Crippen LogP) is 1.70. The maximum absolute atomic E-state index is 3.91. The van der Waals surface area contributed by atoms with Crippen molar-refractivity contribution in [3.05, 3.63) is 6.55 Å². The zero-order valence-corrected chi connectivity index (χ0v) is 7.80. The van der Waals surface area contributed by atoms with E-state index in [2.05, 4.69) is 26.2 Å². The molecule has 0 aromatic rings. The van der Waals surface area contributed by atoms with Crippen LogP contribution in [0.25, 0.3) is 0 Å². The molecule has 42 valence electrons. The summed E-state index contributed by atoms with van der Waals surface area (Å²) in [7, 11) is -0.861. The molecule has 0 fully saturated rings. The Morgan fingerprint density at radius 2 is 1.17 bits per heavy atom. The van der Waals surface area contributed by atoms with Gasteiger partial charge in [-0.3, -0.25) is 0 Å². The van der Waals surface area contributed by atoms with Crippen molar-refractivity contribution in [3.63, 3.8) is 0 Å². The maximum atomic E-state index is 3.91. The zero-order chi connectivity index (χ0) is 4.50. The van der Waals surface area contributed by atoms with Gasteiger partial charge in [-0.1, -0.05) is 19.6 Å². The molecule has 0 rings (SSSR count). The van der Waals surface area contributed by atoms with Gasteiger partial charge in [0.1, 0.15) is 0 Å². The molecular formula is C4H11PtSi-. The molecule has 0 bridgehead atoms. The van der Waals surface area contributed by atoms with Gasteiger partial charge < -0.3 is 6.55 Å². The molecule has 0 saturated heterocycles. The van der Waals surface area contributed by atoms with Crippen LogP contribution < -0.4 is 0 Å². The van der Waals surface area contributed by atoms with Gasteiger partial charge >= 0.3 is 0 Å². The second kappa shape index (κ2) is 2.98. The molecule has 0 unspecified atom stereocenters. The van der Waals surface area contributed by atoms with Crippen molar-refractivity contribution in [3.8, 4) is 0 Å². The molecule has 0 amide bonds. The van der Waals surface area contributed by atoms with Gasteiger partial charge in [-0.25, -0.2) is 0 Å². The summed E-state index contributed by atoms with van der Waals surface area (Å²) in [5.41, 5.74) is 0. The first-order valence-electron chi connectivity index (χ1n) is 1.85. The summed E-state index contributed by atoms with van der Waals surface area (Å²) in [5.74, 6) is 0. The molecule has 0 aromatic heterocycles. The van der Waals surface area contributed by atoms with Gasteiger partial charge in [0.2, 0.25) is 0 Å². The SMILES string of the molecule is [CH2-][Si](C)(C)C.[Pt]. The Kier molecular flexibility index (Phi) is 4.97. The smallest absolute Gasteiger partial charge is 0 e. The van der Waals surface area contributed by atoms with Crippen LogP contribution in [0.5, 0.6) is 0 Å². The van der Waals surface area contributed by atoms with E-state index in [-0.39, 0.29) is 21.1 Å². The first-order chi connectivity index (χ1) is 2.00. The fourth-order valence-electron chi connectivity index (χ4n) is 0. The summed E-state index contributed by atoms with van der Waals surface area (Å²) < 4.78 is 0. The molecule has 0 radical (unpaired) electrons. The summed E-state index contributed by atoms with van der Waals surface area (Å²) in [6.45, 7) is 10.6. The topological polar surface area (TPSA) is 0 Å². The fraction of sp³-hybridized carbons (Fsp3) is 0.750. The van der Waals surface area contributed by atoms with Gasteiger partial charge in [-0.05, 0) is 0 Å². The van der Waals surface area contributed by atoms with Gasteiger partial charge in [0.05, 0.1) is 0 Å². The number of hydrogen-bond acceptors (Lipinski definition) is 0. The van der Waals surface area contributed by atoms with E-state index >= 15 is 0 Å². The molecule has 2 heteroatoms. The first kappa shape index (κ1) is 10.0. The Morgan fingerprint density at radius 3 is 1.17 bits per heavy atom. The summed E-state index contributed by atoms with van der Waals surface area (Å²) in [6.07, 6.45) is 0. The zero-order valence-electron chi connectivity index (χ0n) is 4.52. The quantitative estimate of drug-likeness (QED) is 0.468. The van der Waals surface area contributed by atoms with Gasteiger partial charge in [0, 0.05) is 21.1 Å². The van der Waals surface area contributed by atoms with Crippen molar-refractivity contribution in [2.75, 3.05) is 0 Å². The summed E-state index contributed by atoms with van der Waals surface area (Å²) >= 11 is 0. The van der Waals surface area contributed by atoms with Crippen LogP contribution in [0.15, 0.2) is 0 Å². The van der Waals surface area contributed by atoms with Crippen molar-refractivity contribution in [2.45, 2.75) is 19.6 Å². The van der Waals surface area contributed by atoms with Crippen LogP contribution in [-0.2, 0) is 21.1 Å². The second-order valence-corrected chi connectivity index (χ2v) is 7.68. The average molecular weight is 282 g/mol. The van der Waals surface area contributed by atoms with Gasteiger partial charge in [-0.15, -0.1) is 8.07 Å². The molecule has 0 saturated carbocycles. The maximum Gasteiger partial charge on any atom is 0 e. The fourth-order valence-corrected chi connectivity index (χ4v) is 0. The van der Waals surface area contributed by atoms with Crippen molar-refractivity contribution < 1.29 is 21.1 Å². The van der Waals surface area contributed by atoms with Gasteiger partial charge in [-0.2, -0.15) is 0 Å². The van der Waals surface area contributed by atoms with E-state index in [4.69, 9.17) is 0 Å². The van der Waals surface area contributed by atoms with Gasteiger partial charge in [0.15, 0.2) is 0 Å². The minimum Gasteiger partial charge on any atom is -0.342 e. The normalized spacial score (nSPS) is 10.0. The average Bonchev–Trinajstić information content (AvgIpc) is 0.722. The summed E-state index contributed by atoms with van der Waals surface area (Å²) in [6, 6.07) is 0. The first-order valence-corrected chi connectivity index (χ1v) is 5.56. The molecule has 0 aromatic carbocycles. The minimum absolute atomic E-state index is 0. The van der Waals surface area contributed by atoms with Crippen LogP contribution in [0, 0.1) is 6.55 Å². The van der Waals surface area contributed by atoms with E-state index in [1.165, 1.54) is 0 Å². The van der Waals surface area contributed by atoms with E-state index in [1.54, 1.807) is 0 Å². The third kappa shape index (κ3) is 91.3. The Bertz CT molecular complexity index is 23.0. The molecule has 0 spiro atoms. The molecule has 0 N–H and O–H groups in total. The number of rotatable bonds is 0. The van der Waals surface area contributed by atoms with Crippen LogP contribution in [0.3, 0.4) is 0 Å². The number of hydrogen-bond donors (Lipinski definition) is 0. The molecular weight excluding hydrogens is 271 g/mol. The third-order valence-corrected chi connectivity index (χ3v) is 0. The largest absolute Gasteiger partial charge is 0.342 e. The Balaban J connectivity index is 0. The molecule has 0 nitrogen and oxygen atoms in total. The van der Waals surface area contributed by atoms with Crippen molar-refractivity contribution >= 4 is 8.07 Å². The van der Waals surface area contributed by atoms with Crippen molar-refractivity contribution in [2.24, 2.45) is 0 Å². The van der Waals surface area contributed by atoms with Crippen LogP contribution in [-0.4, -0.2) is 8.07 Å². The van der Waals surface area contributed by atoms with Crippen molar-refractivity contribution in [1.29, 1.82) is 0 Å². The molecule has 0 aliphatic rings. The van der Waals surface area contributed by atoms with Crippen LogP contribution in [0.4, 0.5) is 0 Å². The molecule has 0 aliphatic heterocycles. The Hall–Kier alpha value is 0.905. The molecule has 0 heterocycles. The van der Waals surface area contributed by atoms with E-state index in [9.17, 15) is 0 Å². The Morgan fingerprint density at radius 1 is 1.17 bits per heavy atom. The molecule has 0 atom stereocenters. The van der Waals surface area contributed by atoms with E-state index < -0.39 is 8.07 Å². The van der Waals surface area contributed by atoms with Crippen LogP contribution in [0.1, 0.15) is 0 Å². The van der Waals surface area contributed by atoms with Gasteiger partial charge in [0.25, 0.3) is 0 Å². The van der Waals surface area contributed by atoms with Crippen LogP contribution >= 0.6 is 0 Å². The standard InChI is InChI=1S/C4H11Si.Pt/c1-5(2,3)4;/h1H2,2-4H3;/q-1;. The third-order valence-electron chi connectivity index (χ3n) is 0.